The SMILES string of the molecule is Cc1ccc(S(=O)(=O)n2cc(C=O)c3cc(N4CCN(C(=O)OCc5ccccc5)CC4)ccc32)cc1. The molecule has 0 saturated carbocycles. The van der Waals surface area contributed by atoms with Gasteiger partial charge in [0.15, 0.2) is 6.29 Å². The van der Waals surface area contributed by atoms with Crippen LogP contribution in [0.2, 0.25) is 0 Å². The van der Waals surface area contributed by atoms with Crippen molar-refractivity contribution in [2.75, 3.05) is 31.1 Å². The molecule has 0 aliphatic carbocycles. The first-order valence-electron chi connectivity index (χ1n) is 12.0. The fourth-order valence-corrected chi connectivity index (χ4v) is 5.86. The maximum absolute atomic E-state index is 13.3. The lowest BCUT2D eigenvalue weighted by molar-refractivity contribution is 0.0941. The largest absolute Gasteiger partial charge is 0.445 e. The van der Waals surface area contributed by atoms with Crippen LogP contribution >= 0.6 is 0 Å². The Hall–Kier alpha value is -4.11. The van der Waals surface area contributed by atoms with Crippen LogP contribution in [0.5, 0.6) is 0 Å². The molecule has 1 aliphatic heterocycles. The van der Waals surface area contributed by atoms with Gasteiger partial charge in [-0.3, -0.25) is 4.79 Å². The van der Waals surface area contributed by atoms with Crippen LogP contribution in [-0.4, -0.2) is 55.8 Å². The summed E-state index contributed by atoms with van der Waals surface area (Å²) in [7, 11) is -3.87. The normalized spacial score (nSPS) is 14.1. The summed E-state index contributed by atoms with van der Waals surface area (Å²) < 4.78 is 33.2. The summed E-state index contributed by atoms with van der Waals surface area (Å²) in [6, 6.07) is 21.6. The molecule has 0 unspecified atom stereocenters. The number of aromatic nitrogens is 1. The third-order valence-electron chi connectivity index (χ3n) is 6.60. The standard InChI is InChI=1S/C28H27N3O5S/c1-21-7-10-25(11-8-21)37(34,35)31-18-23(19-32)26-17-24(9-12-27(26)31)29-13-15-30(16-14-29)28(33)36-20-22-5-3-2-4-6-22/h2-12,17-19H,13-16,20H2,1H3. The number of amides is 1. The molecule has 5 rings (SSSR count). The van der Waals surface area contributed by atoms with Crippen LogP contribution in [0.15, 0.2) is 83.9 Å². The minimum atomic E-state index is -3.87. The van der Waals surface area contributed by atoms with Crippen molar-refractivity contribution in [2.45, 2.75) is 18.4 Å². The Labute approximate surface area is 215 Å². The van der Waals surface area contributed by atoms with Gasteiger partial charge in [0.1, 0.15) is 6.61 Å². The average molecular weight is 518 g/mol. The lowest BCUT2D eigenvalue weighted by Crippen LogP contribution is -2.48. The molecular weight excluding hydrogens is 490 g/mol. The average Bonchev–Trinajstić information content (AvgIpc) is 3.31. The fourth-order valence-electron chi connectivity index (χ4n) is 4.48. The van der Waals surface area contributed by atoms with E-state index < -0.39 is 10.0 Å². The second kappa shape index (κ2) is 10.1. The number of benzene rings is 3. The molecule has 0 bridgehead atoms. The van der Waals surface area contributed by atoms with Crippen molar-refractivity contribution in [2.24, 2.45) is 0 Å². The Kier molecular flexibility index (Phi) is 6.71. The molecule has 1 fully saturated rings. The number of fused-ring (bicyclic) bond motifs is 1. The Morgan fingerprint density at radius 3 is 2.32 bits per heavy atom. The zero-order valence-electron chi connectivity index (χ0n) is 20.4. The molecule has 0 atom stereocenters. The van der Waals surface area contributed by atoms with Crippen molar-refractivity contribution in [3.8, 4) is 0 Å². The number of carbonyl (C=O) groups excluding carboxylic acids is 2. The van der Waals surface area contributed by atoms with Crippen LogP contribution in [0.1, 0.15) is 21.5 Å². The summed E-state index contributed by atoms with van der Waals surface area (Å²) in [6.45, 7) is 4.29. The van der Waals surface area contributed by atoms with Gasteiger partial charge in [0, 0.05) is 49.0 Å². The number of hydrogen-bond donors (Lipinski definition) is 0. The molecule has 190 valence electrons. The van der Waals surface area contributed by atoms with E-state index in [1.54, 1.807) is 35.2 Å². The van der Waals surface area contributed by atoms with Gasteiger partial charge < -0.3 is 14.5 Å². The van der Waals surface area contributed by atoms with Gasteiger partial charge in [0.25, 0.3) is 10.0 Å². The minimum Gasteiger partial charge on any atom is -0.445 e. The van der Waals surface area contributed by atoms with Gasteiger partial charge in [-0.05, 0) is 42.8 Å². The lowest BCUT2D eigenvalue weighted by Gasteiger charge is -2.35. The second-order valence-electron chi connectivity index (χ2n) is 9.03. The molecule has 8 nitrogen and oxygen atoms in total. The van der Waals surface area contributed by atoms with Crippen molar-refractivity contribution in [1.82, 2.24) is 8.87 Å². The number of aldehydes is 1. The lowest BCUT2D eigenvalue weighted by atomic mass is 10.1. The van der Waals surface area contributed by atoms with Crippen LogP contribution in [-0.2, 0) is 21.4 Å². The predicted molar refractivity (Wildman–Crippen MR) is 142 cm³/mol. The maximum Gasteiger partial charge on any atom is 0.410 e. The first-order chi connectivity index (χ1) is 17.9. The van der Waals surface area contributed by atoms with Crippen molar-refractivity contribution < 1.29 is 22.7 Å². The molecule has 37 heavy (non-hydrogen) atoms. The molecule has 2 heterocycles. The number of piperazine rings is 1. The third-order valence-corrected chi connectivity index (χ3v) is 8.29. The van der Waals surface area contributed by atoms with Gasteiger partial charge in [-0.2, -0.15) is 0 Å². The monoisotopic (exact) mass is 517 g/mol. The molecule has 9 heteroatoms. The molecule has 0 radical (unpaired) electrons. The highest BCUT2D eigenvalue weighted by molar-refractivity contribution is 7.90. The molecule has 4 aromatic rings. The Morgan fingerprint density at radius 2 is 1.65 bits per heavy atom. The van der Waals surface area contributed by atoms with Gasteiger partial charge in [0.2, 0.25) is 0 Å². The first-order valence-corrected chi connectivity index (χ1v) is 13.4. The molecular formula is C28H27N3O5S. The van der Waals surface area contributed by atoms with E-state index in [1.807, 2.05) is 49.4 Å². The summed E-state index contributed by atoms with van der Waals surface area (Å²) in [6.07, 6.45) is 1.70. The number of ether oxygens (including phenoxy) is 1. The summed E-state index contributed by atoms with van der Waals surface area (Å²) >= 11 is 0. The fraction of sp³-hybridized carbons (Fsp3) is 0.214. The molecule has 0 N–H and O–H groups in total. The van der Waals surface area contributed by atoms with E-state index in [9.17, 15) is 18.0 Å². The molecule has 1 saturated heterocycles. The van der Waals surface area contributed by atoms with Crippen LogP contribution in [0.4, 0.5) is 10.5 Å². The van der Waals surface area contributed by atoms with Crippen molar-refractivity contribution in [1.29, 1.82) is 0 Å². The topological polar surface area (TPSA) is 88.9 Å². The number of aryl methyl sites for hydroxylation is 1. The number of carbonyl (C=O) groups is 2. The summed E-state index contributed by atoms with van der Waals surface area (Å²) in [5.74, 6) is 0. The smallest absolute Gasteiger partial charge is 0.410 e. The van der Waals surface area contributed by atoms with Gasteiger partial charge in [-0.15, -0.1) is 0 Å². The summed E-state index contributed by atoms with van der Waals surface area (Å²) in [4.78, 5) is 28.3. The summed E-state index contributed by atoms with van der Waals surface area (Å²) in [5, 5.41) is 0.563. The molecule has 1 aliphatic rings. The van der Waals surface area contributed by atoms with E-state index in [-0.39, 0.29) is 17.6 Å². The Balaban J connectivity index is 1.32. The molecule has 0 spiro atoms. The molecule has 3 aromatic carbocycles. The van der Waals surface area contributed by atoms with Crippen molar-refractivity contribution in [3.05, 3.63) is 95.7 Å². The number of rotatable bonds is 6. The van der Waals surface area contributed by atoms with Gasteiger partial charge in [-0.25, -0.2) is 17.2 Å². The number of hydrogen-bond acceptors (Lipinski definition) is 6. The number of nitrogens with zero attached hydrogens (tertiary/aromatic N) is 3. The van der Waals surface area contributed by atoms with E-state index in [0.29, 0.717) is 48.9 Å². The quantitative estimate of drug-likeness (QED) is 0.351. The summed E-state index contributed by atoms with van der Waals surface area (Å²) in [5.41, 5.74) is 3.49. The highest BCUT2D eigenvalue weighted by Crippen LogP contribution is 2.30. The van der Waals surface area contributed by atoms with E-state index in [0.717, 1.165) is 16.8 Å². The van der Waals surface area contributed by atoms with Crippen molar-refractivity contribution in [3.63, 3.8) is 0 Å². The van der Waals surface area contributed by atoms with Gasteiger partial charge in [-0.1, -0.05) is 48.0 Å². The Morgan fingerprint density at radius 1 is 0.946 bits per heavy atom. The Bertz CT molecular complexity index is 1540. The van der Waals surface area contributed by atoms with Crippen molar-refractivity contribution >= 4 is 39.0 Å². The van der Waals surface area contributed by atoms with E-state index in [1.165, 1.54) is 10.2 Å². The first kappa shape index (κ1) is 24.6. The van der Waals surface area contributed by atoms with E-state index in [4.69, 9.17) is 4.74 Å². The molecule has 1 aromatic heterocycles. The van der Waals surface area contributed by atoms with Crippen LogP contribution in [0, 0.1) is 6.92 Å². The minimum absolute atomic E-state index is 0.159. The third kappa shape index (κ3) is 4.95. The molecule has 1 amide bonds. The zero-order chi connectivity index (χ0) is 26.0. The highest BCUT2D eigenvalue weighted by Gasteiger charge is 2.25. The van der Waals surface area contributed by atoms with E-state index >= 15 is 0 Å². The van der Waals surface area contributed by atoms with E-state index in [2.05, 4.69) is 4.90 Å². The zero-order valence-corrected chi connectivity index (χ0v) is 21.2. The number of anilines is 1. The van der Waals surface area contributed by atoms with Crippen LogP contribution < -0.4 is 4.90 Å². The van der Waals surface area contributed by atoms with Crippen LogP contribution in [0.25, 0.3) is 10.9 Å². The van der Waals surface area contributed by atoms with Gasteiger partial charge >= 0.3 is 6.09 Å². The van der Waals surface area contributed by atoms with Crippen LogP contribution in [0.3, 0.4) is 0 Å². The maximum atomic E-state index is 13.3. The second-order valence-corrected chi connectivity index (χ2v) is 10.8. The predicted octanol–water partition coefficient (Wildman–Crippen LogP) is 4.46. The highest BCUT2D eigenvalue weighted by atomic mass is 32.2. The van der Waals surface area contributed by atoms with Gasteiger partial charge in [0.05, 0.1) is 10.4 Å².